The van der Waals surface area contributed by atoms with Crippen LogP contribution in [0.1, 0.15) is 18.9 Å². The van der Waals surface area contributed by atoms with Gasteiger partial charge in [0, 0.05) is 13.1 Å². The quantitative estimate of drug-likeness (QED) is 0.758. The van der Waals surface area contributed by atoms with E-state index in [1.165, 1.54) is 0 Å². The summed E-state index contributed by atoms with van der Waals surface area (Å²) >= 11 is 11.7. The topological polar surface area (TPSA) is 41.1 Å². The molecule has 0 saturated carbocycles. The van der Waals surface area contributed by atoms with E-state index in [0.717, 1.165) is 25.1 Å². The van der Waals surface area contributed by atoms with Gasteiger partial charge in [0.25, 0.3) is 0 Å². The first-order valence-electron chi connectivity index (χ1n) is 6.04. The summed E-state index contributed by atoms with van der Waals surface area (Å²) in [5.41, 5.74) is 0.864. The lowest BCUT2D eigenvalue weighted by Crippen LogP contribution is -2.32. The van der Waals surface area contributed by atoms with Crippen LogP contribution in [0.25, 0.3) is 0 Å². The second-order valence-corrected chi connectivity index (χ2v) is 4.84. The van der Waals surface area contributed by atoms with Gasteiger partial charge >= 0.3 is 0 Å². The van der Waals surface area contributed by atoms with Gasteiger partial charge in [-0.15, -0.1) is 0 Å². The molecule has 0 aliphatic carbocycles. The lowest BCUT2D eigenvalue weighted by Gasteiger charge is -2.06. The summed E-state index contributed by atoms with van der Waals surface area (Å²) in [6, 6.07) is 5.23. The van der Waals surface area contributed by atoms with Gasteiger partial charge in [0.1, 0.15) is 0 Å². The molecular formula is C13H18Cl2N2O. The summed E-state index contributed by atoms with van der Waals surface area (Å²) in [5, 5.41) is 7.05. The third-order valence-electron chi connectivity index (χ3n) is 2.40. The van der Waals surface area contributed by atoms with Crippen molar-refractivity contribution in [3.63, 3.8) is 0 Å². The molecule has 5 heteroatoms. The molecule has 3 nitrogen and oxygen atoms in total. The Bertz CT molecular complexity index is 397. The van der Waals surface area contributed by atoms with Crippen molar-refractivity contribution in [1.29, 1.82) is 0 Å². The van der Waals surface area contributed by atoms with Crippen LogP contribution >= 0.6 is 23.2 Å². The Morgan fingerprint density at radius 2 is 1.94 bits per heavy atom. The lowest BCUT2D eigenvalue weighted by molar-refractivity contribution is -0.120. The normalized spacial score (nSPS) is 10.4. The van der Waals surface area contributed by atoms with Crippen LogP contribution in [0.4, 0.5) is 0 Å². The van der Waals surface area contributed by atoms with Gasteiger partial charge in [-0.05, 0) is 30.7 Å². The number of hydrogen-bond donors (Lipinski definition) is 2. The molecule has 2 N–H and O–H groups in total. The molecule has 0 atom stereocenters. The first kappa shape index (κ1) is 15.3. The van der Waals surface area contributed by atoms with Gasteiger partial charge in [0.15, 0.2) is 0 Å². The number of hydrogen-bond acceptors (Lipinski definition) is 2. The Kier molecular flexibility index (Phi) is 7.09. The van der Waals surface area contributed by atoms with E-state index in [-0.39, 0.29) is 5.91 Å². The van der Waals surface area contributed by atoms with Crippen LogP contribution in [0.5, 0.6) is 0 Å². The van der Waals surface area contributed by atoms with Crippen LogP contribution in [0.3, 0.4) is 0 Å². The zero-order valence-electron chi connectivity index (χ0n) is 10.4. The van der Waals surface area contributed by atoms with Crippen molar-refractivity contribution in [2.45, 2.75) is 19.8 Å². The number of carbonyl (C=O) groups is 1. The van der Waals surface area contributed by atoms with Gasteiger partial charge in [-0.2, -0.15) is 0 Å². The van der Waals surface area contributed by atoms with E-state index in [4.69, 9.17) is 23.2 Å². The van der Waals surface area contributed by atoms with Crippen LogP contribution in [-0.4, -0.2) is 25.5 Å². The Labute approximate surface area is 118 Å². The Morgan fingerprint density at radius 1 is 1.17 bits per heavy atom. The number of amides is 1. The SMILES string of the molecule is CCCNCCNC(=O)Cc1ccc(Cl)c(Cl)c1. The second-order valence-electron chi connectivity index (χ2n) is 4.03. The summed E-state index contributed by atoms with van der Waals surface area (Å²) < 4.78 is 0. The number of benzene rings is 1. The standard InChI is InChI=1S/C13H18Cl2N2O/c1-2-5-16-6-7-17-13(18)9-10-3-4-11(14)12(15)8-10/h3-4,8,16H,2,5-7,9H2,1H3,(H,17,18). The minimum atomic E-state index is -0.00770. The van der Waals surface area contributed by atoms with E-state index in [9.17, 15) is 4.79 Å². The van der Waals surface area contributed by atoms with Crippen molar-refractivity contribution < 1.29 is 4.79 Å². The highest BCUT2D eigenvalue weighted by Crippen LogP contribution is 2.22. The highest BCUT2D eigenvalue weighted by molar-refractivity contribution is 6.42. The monoisotopic (exact) mass is 288 g/mol. The molecule has 0 saturated heterocycles. The van der Waals surface area contributed by atoms with Gasteiger partial charge < -0.3 is 10.6 Å². The van der Waals surface area contributed by atoms with Crippen LogP contribution in [0, 0.1) is 0 Å². The molecule has 0 aromatic heterocycles. The zero-order chi connectivity index (χ0) is 13.4. The van der Waals surface area contributed by atoms with E-state index in [2.05, 4.69) is 17.6 Å². The van der Waals surface area contributed by atoms with Crippen molar-refractivity contribution in [1.82, 2.24) is 10.6 Å². The van der Waals surface area contributed by atoms with Crippen LogP contribution in [0.15, 0.2) is 18.2 Å². The van der Waals surface area contributed by atoms with Crippen molar-refractivity contribution in [2.24, 2.45) is 0 Å². The van der Waals surface area contributed by atoms with E-state index < -0.39 is 0 Å². The van der Waals surface area contributed by atoms with Crippen molar-refractivity contribution in [3.8, 4) is 0 Å². The predicted molar refractivity (Wildman–Crippen MR) is 76.3 cm³/mol. The molecule has 0 radical (unpaired) electrons. The molecule has 18 heavy (non-hydrogen) atoms. The van der Waals surface area contributed by atoms with Gasteiger partial charge in [-0.1, -0.05) is 36.2 Å². The molecular weight excluding hydrogens is 271 g/mol. The molecule has 0 unspecified atom stereocenters. The van der Waals surface area contributed by atoms with Gasteiger partial charge in [0.2, 0.25) is 5.91 Å². The molecule has 0 heterocycles. The highest BCUT2D eigenvalue weighted by Gasteiger charge is 2.05. The molecule has 0 fully saturated rings. The highest BCUT2D eigenvalue weighted by atomic mass is 35.5. The fourth-order valence-electron chi connectivity index (χ4n) is 1.49. The number of rotatable bonds is 7. The number of nitrogens with one attached hydrogen (secondary N) is 2. The molecule has 0 bridgehead atoms. The largest absolute Gasteiger partial charge is 0.355 e. The molecule has 0 spiro atoms. The summed E-state index contributed by atoms with van der Waals surface area (Å²) in [6.07, 6.45) is 1.42. The average Bonchev–Trinajstić information content (AvgIpc) is 2.34. The summed E-state index contributed by atoms with van der Waals surface area (Å²) in [5.74, 6) is -0.00770. The first-order valence-corrected chi connectivity index (χ1v) is 6.80. The Morgan fingerprint density at radius 3 is 2.61 bits per heavy atom. The molecule has 100 valence electrons. The fourth-order valence-corrected chi connectivity index (χ4v) is 1.81. The minimum absolute atomic E-state index is 0.00770. The molecule has 1 rings (SSSR count). The third-order valence-corrected chi connectivity index (χ3v) is 3.14. The van der Waals surface area contributed by atoms with E-state index in [1.54, 1.807) is 12.1 Å². The van der Waals surface area contributed by atoms with Crippen molar-refractivity contribution in [3.05, 3.63) is 33.8 Å². The van der Waals surface area contributed by atoms with E-state index in [0.29, 0.717) is 23.0 Å². The number of carbonyl (C=O) groups excluding carboxylic acids is 1. The summed E-state index contributed by atoms with van der Waals surface area (Å²) in [6.45, 7) is 4.51. The molecule has 1 aromatic rings. The van der Waals surface area contributed by atoms with Crippen molar-refractivity contribution in [2.75, 3.05) is 19.6 Å². The Balaban J connectivity index is 2.29. The van der Waals surface area contributed by atoms with Gasteiger partial charge in [-0.3, -0.25) is 4.79 Å². The maximum absolute atomic E-state index is 11.6. The molecule has 1 amide bonds. The predicted octanol–water partition coefficient (Wildman–Crippen LogP) is 2.65. The van der Waals surface area contributed by atoms with Gasteiger partial charge in [0.05, 0.1) is 16.5 Å². The summed E-state index contributed by atoms with van der Waals surface area (Å²) in [4.78, 5) is 11.6. The molecule has 0 aliphatic rings. The lowest BCUT2D eigenvalue weighted by atomic mass is 10.1. The fraction of sp³-hybridized carbons (Fsp3) is 0.462. The Hall–Kier alpha value is -0.770. The van der Waals surface area contributed by atoms with Crippen LogP contribution in [-0.2, 0) is 11.2 Å². The second kappa shape index (κ2) is 8.35. The minimum Gasteiger partial charge on any atom is -0.355 e. The third kappa shape index (κ3) is 5.71. The van der Waals surface area contributed by atoms with E-state index >= 15 is 0 Å². The first-order chi connectivity index (χ1) is 8.63. The molecule has 1 aromatic carbocycles. The maximum atomic E-state index is 11.6. The maximum Gasteiger partial charge on any atom is 0.224 e. The van der Waals surface area contributed by atoms with Crippen molar-refractivity contribution >= 4 is 29.1 Å². The van der Waals surface area contributed by atoms with Gasteiger partial charge in [-0.25, -0.2) is 0 Å². The number of halogens is 2. The molecule has 0 aliphatic heterocycles. The smallest absolute Gasteiger partial charge is 0.224 e. The van der Waals surface area contributed by atoms with Crippen LogP contribution in [0.2, 0.25) is 10.0 Å². The average molecular weight is 289 g/mol. The van der Waals surface area contributed by atoms with E-state index in [1.807, 2.05) is 6.07 Å². The zero-order valence-corrected chi connectivity index (χ0v) is 11.9. The van der Waals surface area contributed by atoms with Crippen LogP contribution < -0.4 is 10.6 Å². The summed E-state index contributed by atoms with van der Waals surface area (Å²) in [7, 11) is 0.